The first kappa shape index (κ1) is 17.6. The van der Waals surface area contributed by atoms with Crippen LogP contribution in [-0.4, -0.2) is 67.5 Å². The Morgan fingerprint density at radius 2 is 1.78 bits per heavy atom. The highest BCUT2D eigenvalue weighted by atomic mass is 16.2. The first-order valence-electron chi connectivity index (χ1n) is 9.40. The SMILES string of the molecule is Cc1ncnc(C(=O)N2CCC(C(=O)N3CCC3)(n3cccn3)CC2)c1C. The number of hydrogen-bond acceptors (Lipinski definition) is 5. The zero-order valence-electron chi connectivity index (χ0n) is 15.8. The number of likely N-dealkylation sites (tertiary alicyclic amines) is 2. The van der Waals surface area contributed by atoms with E-state index < -0.39 is 5.54 Å². The molecule has 0 bridgehead atoms. The molecule has 0 saturated carbocycles. The molecule has 142 valence electrons. The Kier molecular flexibility index (Phi) is 4.41. The summed E-state index contributed by atoms with van der Waals surface area (Å²) >= 11 is 0. The molecule has 2 aromatic rings. The number of carbonyl (C=O) groups is 2. The van der Waals surface area contributed by atoms with Gasteiger partial charge in [-0.05, 0) is 39.2 Å². The van der Waals surface area contributed by atoms with Crippen molar-refractivity contribution in [2.24, 2.45) is 0 Å². The highest BCUT2D eigenvalue weighted by Gasteiger charge is 2.47. The maximum absolute atomic E-state index is 13.2. The van der Waals surface area contributed by atoms with Gasteiger partial charge in [-0.3, -0.25) is 14.3 Å². The Hall–Kier alpha value is -2.77. The van der Waals surface area contributed by atoms with Gasteiger partial charge >= 0.3 is 0 Å². The van der Waals surface area contributed by atoms with Crippen molar-refractivity contribution in [3.63, 3.8) is 0 Å². The zero-order chi connectivity index (χ0) is 19.0. The summed E-state index contributed by atoms with van der Waals surface area (Å²) in [6.45, 7) is 6.36. The van der Waals surface area contributed by atoms with E-state index in [-0.39, 0.29) is 11.8 Å². The van der Waals surface area contributed by atoms with Crippen molar-refractivity contribution in [2.75, 3.05) is 26.2 Å². The second kappa shape index (κ2) is 6.75. The van der Waals surface area contributed by atoms with Crippen LogP contribution in [0.25, 0.3) is 0 Å². The maximum Gasteiger partial charge on any atom is 0.272 e. The summed E-state index contributed by atoms with van der Waals surface area (Å²) in [5, 5.41) is 4.37. The quantitative estimate of drug-likeness (QED) is 0.812. The Labute approximate surface area is 158 Å². The van der Waals surface area contributed by atoms with Crippen LogP contribution >= 0.6 is 0 Å². The standard InChI is InChI=1S/C19H24N6O2/c1-14-15(2)20-13-21-16(14)17(26)23-11-5-19(6-12-23,25-10-3-7-22-25)18(27)24-8-4-9-24/h3,7,10,13H,4-6,8-9,11-12H2,1-2H3. The minimum absolute atomic E-state index is 0.0940. The number of rotatable bonds is 3. The van der Waals surface area contributed by atoms with Gasteiger partial charge in [-0.25, -0.2) is 9.97 Å². The van der Waals surface area contributed by atoms with Crippen molar-refractivity contribution in [1.82, 2.24) is 29.5 Å². The second-order valence-electron chi connectivity index (χ2n) is 7.35. The van der Waals surface area contributed by atoms with E-state index in [0.717, 1.165) is 30.8 Å². The van der Waals surface area contributed by atoms with Crippen molar-refractivity contribution in [2.45, 2.75) is 38.6 Å². The first-order chi connectivity index (χ1) is 13.0. The van der Waals surface area contributed by atoms with Crippen LogP contribution < -0.4 is 0 Å². The molecule has 8 nitrogen and oxygen atoms in total. The van der Waals surface area contributed by atoms with Crippen LogP contribution in [0.2, 0.25) is 0 Å². The molecule has 0 unspecified atom stereocenters. The summed E-state index contributed by atoms with van der Waals surface area (Å²) in [5.74, 6) is 0.0297. The Morgan fingerprint density at radius 1 is 1.04 bits per heavy atom. The van der Waals surface area contributed by atoms with Gasteiger partial charge in [0.1, 0.15) is 17.6 Å². The monoisotopic (exact) mass is 368 g/mol. The second-order valence-corrected chi connectivity index (χ2v) is 7.35. The van der Waals surface area contributed by atoms with E-state index in [1.165, 1.54) is 6.33 Å². The molecule has 0 radical (unpaired) electrons. The number of amides is 2. The lowest BCUT2D eigenvalue weighted by atomic mass is 9.85. The molecule has 2 saturated heterocycles. The van der Waals surface area contributed by atoms with E-state index in [0.29, 0.717) is 31.6 Å². The summed E-state index contributed by atoms with van der Waals surface area (Å²) in [6, 6.07) is 1.84. The van der Waals surface area contributed by atoms with Gasteiger partial charge in [-0.1, -0.05) is 0 Å². The van der Waals surface area contributed by atoms with E-state index in [4.69, 9.17) is 0 Å². The van der Waals surface area contributed by atoms with E-state index >= 15 is 0 Å². The van der Waals surface area contributed by atoms with Crippen molar-refractivity contribution < 1.29 is 9.59 Å². The lowest BCUT2D eigenvalue weighted by Crippen LogP contribution is -2.59. The lowest BCUT2D eigenvalue weighted by Gasteiger charge is -2.45. The van der Waals surface area contributed by atoms with Crippen molar-refractivity contribution in [1.29, 1.82) is 0 Å². The molecule has 2 aromatic heterocycles. The molecular weight excluding hydrogens is 344 g/mol. The molecule has 8 heteroatoms. The predicted molar refractivity (Wildman–Crippen MR) is 98.0 cm³/mol. The van der Waals surface area contributed by atoms with Gasteiger partial charge in [0, 0.05) is 49.8 Å². The molecule has 0 N–H and O–H groups in total. The Balaban J connectivity index is 1.56. The largest absolute Gasteiger partial charge is 0.340 e. The number of nitrogens with zero attached hydrogens (tertiary/aromatic N) is 6. The summed E-state index contributed by atoms with van der Waals surface area (Å²) < 4.78 is 1.79. The van der Waals surface area contributed by atoms with Crippen LogP contribution in [0.4, 0.5) is 0 Å². The average Bonchev–Trinajstić information content (AvgIpc) is 3.17. The van der Waals surface area contributed by atoms with Crippen LogP contribution in [-0.2, 0) is 10.3 Å². The maximum atomic E-state index is 13.2. The third kappa shape index (κ3) is 2.89. The highest BCUT2D eigenvalue weighted by Crippen LogP contribution is 2.34. The fourth-order valence-electron chi connectivity index (χ4n) is 3.86. The van der Waals surface area contributed by atoms with Gasteiger partial charge in [0.2, 0.25) is 0 Å². The van der Waals surface area contributed by atoms with Crippen LogP contribution in [0.1, 0.15) is 41.0 Å². The molecule has 2 fully saturated rings. The van der Waals surface area contributed by atoms with E-state index in [9.17, 15) is 9.59 Å². The smallest absolute Gasteiger partial charge is 0.272 e. The van der Waals surface area contributed by atoms with Crippen molar-refractivity contribution in [3.05, 3.63) is 41.7 Å². The lowest BCUT2D eigenvalue weighted by molar-refractivity contribution is -0.147. The number of hydrogen-bond donors (Lipinski definition) is 0. The summed E-state index contributed by atoms with van der Waals surface area (Å²) in [7, 11) is 0. The number of piperidine rings is 1. The van der Waals surface area contributed by atoms with Gasteiger partial charge in [0.15, 0.2) is 0 Å². The molecule has 0 aliphatic carbocycles. The normalized spacial score (nSPS) is 18.9. The zero-order valence-corrected chi connectivity index (χ0v) is 15.8. The molecule has 0 aromatic carbocycles. The summed E-state index contributed by atoms with van der Waals surface area (Å²) in [6.07, 6.45) is 7.15. The topological polar surface area (TPSA) is 84.2 Å². The minimum atomic E-state index is -0.697. The molecule has 27 heavy (non-hydrogen) atoms. The van der Waals surface area contributed by atoms with Crippen molar-refractivity contribution in [3.8, 4) is 0 Å². The van der Waals surface area contributed by atoms with Gasteiger partial charge in [0.05, 0.1) is 0 Å². The molecule has 4 rings (SSSR count). The minimum Gasteiger partial charge on any atom is -0.340 e. The predicted octanol–water partition coefficient (Wildman–Crippen LogP) is 1.15. The number of carbonyl (C=O) groups excluding carboxylic acids is 2. The Morgan fingerprint density at radius 3 is 2.37 bits per heavy atom. The molecule has 2 aliphatic heterocycles. The molecule has 0 spiro atoms. The van der Waals surface area contributed by atoms with Gasteiger partial charge in [-0.2, -0.15) is 5.10 Å². The van der Waals surface area contributed by atoms with Gasteiger partial charge < -0.3 is 9.80 Å². The third-order valence-electron chi connectivity index (χ3n) is 5.90. The van der Waals surface area contributed by atoms with Crippen LogP contribution in [0.3, 0.4) is 0 Å². The van der Waals surface area contributed by atoms with Gasteiger partial charge in [0.25, 0.3) is 11.8 Å². The van der Waals surface area contributed by atoms with E-state index in [1.807, 2.05) is 31.0 Å². The molecule has 0 atom stereocenters. The fourth-order valence-corrected chi connectivity index (χ4v) is 3.86. The van der Waals surface area contributed by atoms with E-state index in [1.54, 1.807) is 15.8 Å². The molecule has 4 heterocycles. The highest BCUT2D eigenvalue weighted by molar-refractivity contribution is 5.94. The van der Waals surface area contributed by atoms with Crippen molar-refractivity contribution >= 4 is 11.8 Å². The van der Waals surface area contributed by atoms with Crippen LogP contribution in [0, 0.1) is 13.8 Å². The number of aryl methyl sites for hydroxylation is 1. The number of aromatic nitrogens is 4. The van der Waals surface area contributed by atoms with Gasteiger partial charge in [-0.15, -0.1) is 0 Å². The fraction of sp³-hybridized carbons (Fsp3) is 0.526. The summed E-state index contributed by atoms with van der Waals surface area (Å²) in [5.41, 5.74) is 1.37. The molecular formula is C19H24N6O2. The summed E-state index contributed by atoms with van der Waals surface area (Å²) in [4.78, 5) is 38.2. The molecule has 2 aliphatic rings. The van der Waals surface area contributed by atoms with Crippen LogP contribution in [0.5, 0.6) is 0 Å². The Bertz CT molecular complexity index is 851. The average molecular weight is 368 g/mol. The first-order valence-corrected chi connectivity index (χ1v) is 9.40. The van der Waals surface area contributed by atoms with Crippen LogP contribution in [0.15, 0.2) is 24.8 Å². The molecule has 2 amide bonds. The van der Waals surface area contributed by atoms with E-state index in [2.05, 4.69) is 15.1 Å². The third-order valence-corrected chi connectivity index (χ3v) is 5.90.